The van der Waals surface area contributed by atoms with Crippen LogP contribution in [0.3, 0.4) is 0 Å². The first-order valence-corrected chi connectivity index (χ1v) is 7.53. The van der Waals surface area contributed by atoms with E-state index in [0.717, 1.165) is 32.6 Å². The van der Waals surface area contributed by atoms with E-state index in [1.54, 1.807) is 7.11 Å². The minimum absolute atomic E-state index is 0.703. The van der Waals surface area contributed by atoms with Gasteiger partial charge in [0.05, 0.1) is 12.8 Å². The molecule has 0 aliphatic heterocycles. The Bertz CT molecular complexity index is 780. The van der Waals surface area contributed by atoms with Crippen LogP contribution in [0.2, 0.25) is 0 Å². The molecule has 108 valence electrons. The van der Waals surface area contributed by atoms with Gasteiger partial charge in [0.1, 0.15) is 17.1 Å². The van der Waals surface area contributed by atoms with Crippen LogP contribution in [-0.4, -0.2) is 7.11 Å². The molecule has 0 unspecified atom stereocenters. The van der Waals surface area contributed by atoms with E-state index in [-0.39, 0.29) is 0 Å². The van der Waals surface area contributed by atoms with Gasteiger partial charge in [0.15, 0.2) is 0 Å². The van der Waals surface area contributed by atoms with Crippen LogP contribution in [0.5, 0.6) is 5.75 Å². The van der Waals surface area contributed by atoms with Crippen LogP contribution in [0.25, 0.3) is 11.0 Å². The second-order valence-electron chi connectivity index (χ2n) is 4.83. The summed E-state index contributed by atoms with van der Waals surface area (Å²) in [5.74, 6) is 1.78. The first-order chi connectivity index (χ1) is 10.2. The molecule has 4 heteroatoms. The standard InChI is InChI=1S/C17H16BrNO2/c1-11-14(13-5-3-4-6-17(13)21-11)10-19-16-9-12(20-2)7-8-15(16)18/h3-9,19H,10H2,1-2H3. The number of hydrogen-bond acceptors (Lipinski definition) is 3. The summed E-state index contributed by atoms with van der Waals surface area (Å²) in [5.41, 5.74) is 3.11. The maximum atomic E-state index is 5.79. The molecule has 1 N–H and O–H groups in total. The van der Waals surface area contributed by atoms with E-state index in [1.807, 2.05) is 43.3 Å². The first kappa shape index (κ1) is 14.0. The topological polar surface area (TPSA) is 34.4 Å². The van der Waals surface area contributed by atoms with Crippen molar-refractivity contribution in [2.24, 2.45) is 0 Å². The normalized spacial score (nSPS) is 10.8. The highest BCUT2D eigenvalue weighted by atomic mass is 79.9. The van der Waals surface area contributed by atoms with Gasteiger partial charge >= 0.3 is 0 Å². The van der Waals surface area contributed by atoms with Crippen molar-refractivity contribution >= 4 is 32.6 Å². The van der Waals surface area contributed by atoms with Crippen molar-refractivity contribution in [2.75, 3.05) is 12.4 Å². The Morgan fingerprint density at radius 1 is 1.19 bits per heavy atom. The van der Waals surface area contributed by atoms with Gasteiger partial charge in [-0.2, -0.15) is 0 Å². The molecule has 0 bridgehead atoms. The number of para-hydroxylation sites is 1. The van der Waals surface area contributed by atoms with E-state index >= 15 is 0 Å². The summed E-state index contributed by atoms with van der Waals surface area (Å²) in [5, 5.41) is 4.59. The lowest BCUT2D eigenvalue weighted by Gasteiger charge is -2.10. The third kappa shape index (κ3) is 2.76. The Hall–Kier alpha value is -1.94. The number of rotatable bonds is 4. The van der Waals surface area contributed by atoms with Crippen LogP contribution >= 0.6 is 15.9 Å². The average molecular weight is 346 g/mol. The van der Waals surface area contributed by atoms with E-state index in [9.17, 15) is 0 Å². The SMILES string of the molecule is COc1ccc(Br)c(NCc2c(C)oc3ccccc23)c1. The number of methoxy groups -OCH3 is 1. The predicted octanol–water partition coefficient (Wildman–Crippen LogP) is 5.12. The van der Waals surface area contributed by atoms with E-state index < -0.39 is 0 Å². The molecule has 1 heterocycles. The molecule has 3 rings (SSSR count). The third-order valence-corrected chi connectivity index (χ3v) is 4.22. The number of halogens is 1. The van der Waals surface area contributed by atoms with Gasteiger partial charge in [0, 0.05) is 28.0 Å². The molecule has 2 aromatic carbocycles. The van der Waals surface area contributed by atoms with Crippen molar-refractivity contribution in [3.63, 3.8) is 0 Å². The minimum Gasteiger partial charge on any atom is -0.497 e. The highest BCUT2D eigenvalue weighted by Gasteiger charge is 2.11. The van der Waals surface area contributed by atoms with Crippen molar-refractivity contribution < 1.29 is 9.15 Å². The van der Waals surface area contributed by atoms with Gasteiger partial charge in [-0.3, -0.25) is 0 Å². The molecule has 3 nitrogen and oxygen atoms in total. The Morgan fingerprint density at radius 3 is 2.81 bits per heavy atom. The fourth-order valence-electron chi connectivity index (χ4n) is 2.39. The summed E-state index contributed by atoms with van der Waals surface area (Å²) < 4.78 is 12.1. The minimum atomic E-state index is 0.703. The molecule has 0 saturated heterocycles. The number of ether oxygens (including phenoxy) is 1. The van der Waals surface area contributed by atoms with Crippen LogP contribution < -0.4 is 10.1 Å². The molecule has 0 amide bonds. The summed E-state index contributed by atoms with van der Waals surface area (Å²) in [7, 11) is 1.67. The monoisotopic (exact) mass is 345 g/mol. The molecule has 0 atom stereocenters. The molecule has 0 aliphatic carbocycles. The molecule has 21 heavy (non-hydrogen) atoms. The van der Waals surface area contributed by atoms with Gasteiger partial charge in [-0.15, -0.1) is 0 Å². The number of furan rings is 1. The van der Waals surface area contributed by atoms with Crippen molar-refractivity contribution in [3.8, 4) is 5.75 Å². The maximum Gasteiger partial charge on any atom is 0.134 e. The smallest absolute Gasteiger partial charge is 0.134 e. The summed E-state index contributed by atoms with van der Waals surface area (Å²) in [6.45, 7) is 2.70. The molecule has 0 saturated carbocycles. The highest BCUT2D eigenvalue weighted by Crippen LogP contribution is 2.30. The lowest BCUT2D eigenvalue weighted by molar-refractivity contribution is 0.415. The number of hydrogen-bond donors (Lipinski definition) is 1. The van der Waals surface area contributed by atoms with Crippen molar-refractivity contribution in [3.05, 3.63) is 58.3 Å². The van der Waals surface area contributed by atoms with Gasteiger partial charge in [0.2, 0.25) is 0 Å². The zero-order valence-corrected chi connectivity index (χ0v) is 13.5. The number of fused-ring (bicyclic) bond motifs is 1. The van der Waals surface area contributed by atoms with E-state index in [1.165, 1.54) is 5.56 Å². The molecule has 0 radical (unpaired) electrons. The second kappa shape index (κ2) is 5.82. The lowest BCUT2D eigenvalue weighted by Crippen LogP contribution is -2.01. The Balaban J connectivity index is 1.88. The van der Waals surface area contributed by atoms with Crippen molar-refractivity contribution in [1.29, 1.82) is 0 Å². The lowest BCUT2D eigenvalue weighted by atomic mass is 10.1. The molecule has 0 spiro atoms. The number of nitrogens with one attached hydrogen (secondary N) is 1. The summed E-state index contributed by atoms with van der Waals surface area (Å²) in [6.07, 6.45) is 0. The quantitative estimate of drug-likeness (QED) is 0.712. The Kier molecular flexibility index (Phi) is 3.88. The molecule has 1 aromatic heterocycles. The van der Waals surface area contributed by atoms with Gasteiger partial charge < -0.3 is 14.5 Å². The Labute approximate surface area is 132 Å². The van der Waals surface area contributed by atoms with Gasteiger partial charge in [-0.25, -0.2) is 0 Å². The fourth-order valence-corrected chi connectivity index (χ4v) is 2.78. The van der Waals surface area contributed by atoms with Crippen LogP contribution in [0.1, 0.15) is 11.3 Å². The zero-order valence-electron chi connectivity index (χ0n) is 11.9. The van der Waals surface area contributed by atoms with Crippen molar-refractivity contribution in [1.82, 2.24) is 0 Å². The molecule has 3 aromatic rings. The first-order valence-electron chi connectivity index (χ1n) is 6.73. The highest BCUT2D eigenvalue weighted by molar-refractivity contribution is 9.10. The predicted molar refractivity (Wildman–Crippen MR) is 89.0 cm³/mol. The average Bonchev–Trinajstić information content (AvgIpc) is 2.82. The molecular formula is C17H16BrNO2. The summed E-state index contributed by atoms with van der Waals surface area (Å²) in [4.78, 5) is 0. The Morgan fingerprint density at radius 2 is 2.00 bits per heavy atom. The fraction of sp³-hybridized carbons (Fsp3) is 0.176. The summed E-state index contributed by atoms with van der Waals surface area (Å²) in [6, 6.07) is 14.0. The van der Waals surface area contributed by atoms with E-state index in [4.69, 9.17) is 9.15 Å². The zero-order chi connectivity index (χ0) is 14.8. The second-order valence-corrected chi connectivity index (χ2v) is 5.69. The number of anilines is 1. The van der Waals surface area contributed by atoms with Crippen molar-refractivity contribution in [2.45, 2.75) is 13.5 Å². The van der Waals surface area contributed by atoms with E-state index in [0.29, 0.717) is 6.54 Å². The number of aryl methyl sites for hydroxylation is 1. The number of benzene rings is 2. The molecule has 0 aliphatic rings. The molecule has 0 fully saturated rings. The van der Waals surface area contributed by atoms with Crippen LogP contribution in [0.4, 0.5) is 5.69 Å². The van der Waals surface area contributed by atoms with Crippen LogP contribution in [0, 0.1) is 6.92 Å². The third-order valence-electron chi connectivity index (χ3n) is 3.53. The maximum absolute atomic E-state index is 5.79. The van der Waals surface area contributed by atoms with Crippen LogP contribution in [0.15, 0.2) is 51.4 Å². The van der Waals surface area contributed by atoms with Gasteiger partial charge in [0.25, 0.3) is 0 Å². The largest absolute Gasteiger partial charge is 0.497 e. The van der Waals surface area contributed by atoms with Crippen LogP contribution in [-0.2, 0) is 6.54 Å². The van der Waals surface area contributed by atoms with Gasteiger partial charge in [-0.05, 0) is 41.1 Å². The van der Waals surface area contributed by atoms with E-state index in [2.05, 4.69) is 27.3 Å². The molecular weight excluding hydrogens is 330 g/mol. The van der Waals surface area contributed by atoms with Gasteiger partial charge in [-0.1, -0.05) is 18.2 Å². The summed E-state index contributed by atoms with van der Waals surface area (Å²) >= 11 is 3.55.